The summed E-state index contributed by atoms with van der Waals surface area (Å²) in [4.78, 5) is 151. The molecule has 0 saturated carbocycles. The second kappa shape index (κ2) is 72.9. The summed E-state index contributed by atoms with van der Waals surface area (Å²) in [5.74, 6) is -3.83. The Balaban J connectivity index is -0.00000152. The number of halogens is 11. The molecule has 0 saturated heterocycles. The molecular weight excluding hydrogens is 1960 g/mol. The number of Topliss-reactive ketones (excluding diaryl/α,β-unsaturated/α-hetero) is 11. The molecule has 9 rings (SSSR count). The van der Waals surface area contributed by atoms with Crippen LogP contribution in [0.15, 0.2) is 211 Å². The van der Waals surface area contributed by atoms with Crippen molar-refractivity contribution in [3.05, 3.63) is 300 Å². The number of hydrogen-bond acceptors (Lipinski definition) is 18. The van der Waals surface area contributed by atoms with E-state index in [1.807, 2.05) is 99.6 Å². The number of ketones is 12. The van der Waals surface area contributed by atoms with Crippen LogP contribution in [0.2, 0.25) is 10.0 Å². The van der Waals surface area contributed by atoms with Gasteiger partial charge in [0.1, 0.15) is 58.3 Å². The smallest absolute Gasteiger partial charge is 0.416 e. The summed E-state index contributed by atoms with van der Waals surface area (Å²) in [6.45, 7) is 51.3. The zero-order valence-corrected chi connectivity index (χ0v) is 91.7. The van der Waals surface area contributed by atoms with Gasteiger partial charge in [0.05, 0.1) is 16.2 Å². The highest BCUT2D eigenvalue weighted by atomic mass is 35.5. The second-order valence-corrected chi connectivity index (χ2v) is 40.5. The number of amides is 1. The van der Waals surface area contributed by atoms with Gasteiger partial charge in [0, 0.05) is 158 Å². The van der Waals surface area contributed by atoms with E-state index in [9.17, 15) is 112 Å². The predicted molar refractivity (Wildman–Crippen MR) is 566 cm³/mol. The highest BCUT2D eigenvalue weighted by Gasteiger charge is 2.30. The number of aromatic nitrogens is 1. The van der Waals surface area contributed by atoms with Crippen molar-refractivity contribution in [2.24, 2.45) is 88.6 Å². The molecule has 0 aliphatic carbocycles. The molecule has 0 spiro atoms. The lowest BCUT2D eigenvalue weighted by atomic mass is 9.96. The number of rotatable bonds is 32. The molecule has 0 unspecified atom stereocenters. The van der Waals surface area contributed by atoms with Gasteiger partial charge in [-0.1, -0.05) is 290 Å². The third-order valence-electron chi connectivity index (χ3n) is 19.7. The summed E-state index contributed by atoms with van der Waals surface area (Å²) in [5.41, 5.74) is 7.60. The van der Waals surface area contributed by atoms with E-state index in [1.165, 1.54) is 59.9 Å². The predicted octanol–water partition coefficient (Wildman–Crippen LogP) is 29.5. The Labute approximate surface area is 870 Å². The van der Waals surface area contributed by atoms with Crippen LogP contribution in [0.5, 0.6) is 0 Å². The quantitative estimate of drug-likeness (QED) is 0.00881. The summed E-state index contributed by atoms with van der Waals surface area (Å²) < 4.78 is 112. The molecule has 796 valence electrons. The third kappa shape index (κ3) is 62.3. The fourth-order valence-electron chi connectivity index (χ4n) is 10.2. The van der Waals surface area contributed by atoms with Crippen LogP contribution < -0.4 is 5.73 Å². The number of carbonyl (C=O) groups is 13. The van der Waals surface area contributed by atoms with Crippen molar-refractivity contribution < 1.29 is 112 Å². The molecule has 30 heteroatoms. The molecule has 0 aliphatic heterocycles. The van der Waals surface area contributed by atoms with Gasteiger partial charge in [0.25, 0.3) is 0 Å². The van der Waals surface area contributed by atoms with Crippen LogP contribution in [-0.4, -0.2) is 102 Å². The Morgan fingerprint density at radius 2 is 0.814 bits per heavy atom. The molecule has 0 aliphatic rings. The first kappa shape index (κ1) is 138. The van der Waals surface area contributed by atoms with Crippen molar-refractivity contribution in [1.82, 2.24) is 4.98 Å². The van der Waals surface area contributed by atoms with Crippen LogP contribution >= 0.6 is 46.3 Å². The van der Waals surface area contributed by atoms with Crippen molar-refractivity contribution >= 4 is 127 Å². The first-order chi connectivity index (χ1) is 67.1. The number of aliphatic hydroxyl groups is 2. The fraction of sp³-hybridized carbons (Fsp3) is 0.426. The highest BCUT2D eigenvalue weighted by molar-refractivity contribution is 8.00. The minimum absolute atomic E-state index is 0.00926. The van der Waals surface area contributed by atoms with Gasteiger partial charge in [-0.2, -0.15) is 13.2 Å². The molecule has 9 aromatic rings. The molecule has 17 nitrogen and oxygen atoms in total. The molecule has 0 bridgehead atoms. The second-order valence-electron chi connectivity index (χ2n) is 37.7. The van der Waals surface area contributed by atoms with Crippen LogP contribution in [0.25, 0.3) is 5.76 Å². The van der Waals surface area contributed by atoms with Gasteiger partial charge >= 0.3 is 6.18 Å². The van der Waals surface area contributed by atoms with Gasteiger partial charge in [0.2, 0.25) is 17.5 Å². The molecule has 2 aromatic heterocycles. The summed E-state index contributed by atoms with van der Waals surface area (Å²) >= 11 is 14.4. The van der Waals surface area contributed by atoms with E-state index in [-0.39, 0.29) is 176 Å². The number of alkyl halides is 3. The number of benzene rings is 7. The standard InChI is InChI=1S/C12H13F3O.C12H14O2.C11H13FO.C10H10Cl2O.2C10H10F2O.C10H11FO.C10H13NOS.C9H10O2S.C9H18O.C8H16O2.C4H9NO/c1-8(2)11(16)7-9-3-5-10(6-4-9)12(13,14)15;1-9(2)11(13)8-12(14)10-6-4-3-5-7-10;1-8(2)11(13)7-9-3-5-10(12)6-4-9;2*1-6(2)10(13)7-3-8(11)5-9(12)4-7;1-6(2)10(13)7-3-4-8(11)9(12)5-7;1-7(2)10(12)8-4-3-5-9(11)6-8;1-8(2)10(12)7-13-9-3-5-11-6-4-9;1-6(2)8(10)9(11)7-4-3-5-12-7;1-7(2)5-6-9(10)8(3)4;1-5(2)7(9)8(10)6(3)4;1-3(2)4(5)6/h3-6,8H,7H2,1-2H3;3-9,14H,1-2H3;3-6,8H,7H2,1-2H3;3*3-6H,1-2H3;3-7H,1-2H3;3-6,8H,7H2,1-2H3;3-6H,1-2H3;7-8H,5-6H2,1-4H3;5-7,9H,1-4H3;3H,1-2H3,(H2,5,6)/b;12-8-;;;;;;;;;;/t;;;;;;;;;;7-;/m..........1./s1. The van der Waals surface area contributed by atoms with Gasteiger partial charge in [-0.25, -0.2) is 26.3 Å². The van der Waals surface area contributed by atoms with E-state index in [1.54, 1.807) is 207 Å². The monoisotopic (exact) mass is 2100 g/mol. The molecule has 145 heavy (non-hydrogen) atoms. The first-order valence-corrected chi connectivity index (χ1v) is 50.2. The molecule has 0 fully saturated rings. The Hall–Kier alpha value is -11.3. The van der Waals surface area contributed by atoms with Crippen LogP contribution in [-0.2, 0) is 57.4 Å². The minimum atomic E-state index is -4.32. The number of primary amides is 1. The summed E-state index contributed by atoms with van der Waals surface area (Å²) in [5, 5.41) is 21.6. The van der Waals surface area contributed by atoms with Crippen LogP contribution in [0, 0.1) is 118 Å². The Bertz CT molecular complexity index is 5380. The number of nitrogens with zero attached hydrogens (tertiary/aromatic N) is 1. The van der Waals surface area contributed by atoms with E-state index in [0.29, 0.717) is 66.8 Å². The van der Waals surface area contributed by atoms with E-state index < -0.39 is 41.1 Å². The van der Waals surface area contributed by atoms with Crippen molar-refractivity contribution in [1.29, 1.82) is 0 Å². The van der Waals surface area contributed by atoms with E-state index >= 15 is 0 Å². The normalized spacial score (nSPS) is 11.0. The van der Waals surface area contributed by atoms with Crippen molar-refractivity contribution in [2.45, 2.75) is 237 Å². The number of thioether (sulfide) groups is 1. The molecule has 4 N–H and O–H groups in total. The lowest BCUT2D eigenvalue weighted by Gasteiger charge is -2.14. The minimum Gasteiger partial charge on any atom is -0.507 e. The van der Waals surface area contributed by atoms with Gasteiger partial charge in [-0.15, -0.1) is 23.1 Å². The van der Waals surface area contributed by atoms with Gasteiger partial charge in [-0.3, -0.25) is 67.3 Å². The zero-order chi connectivity index (χ0) is 112. The van der Waals surface area contributed by atoms with Crippen molar-refractivity contribution in [3.8, 4) is 0 Å². The van der Waals surface area contributed by atoms with Crippen LogP contribution in [0.3, 0.4) is 0 Å². The summed E-state index contributed by atoms with van der Waals surface area (Å²) in [7, 11) is 0. The summed E-state index contributed by atoms with van der Waals surface area (Å²) in [6.07, 6.45) is 2.05. The van der Waals surface area contributed by atoms with Gasteiger partial charge in [0.15, 0.2) is 46.3 Å². The third-order valence-corrected chi connectivity index (χ3v) is 22.0. The maximum atomic E-state index is 12.7. The largest absolute Gasteiger partial charge is 0.507 e. The first-order valence-electron chi connectivity index (χ1n) is 47.6. The Kier molecular flexibility index (Phi) is 69.3. The number of carbonyl (C=O) groups excluding carboxylic acids is 13. The number of allylic oxidation sites excluding steroid dienone is 1. The zero-order valence-electron chi connectivity index (χ0n) is 88.5. The fourth-order valence-corrected chi connectivity index (χ4v) is 12.3. The van der Waals surface area contributed by atoms with Crippen LogP contribution in [0.4, 0.5) is 39.5 Å². The SMILES string of the molecule is CC(C)C(=O)/C=C(\O)c1ccccc1.CC(C)C(=O)C(=O)c1cccs1.CC(C)C(=O)CSc1ccncc1.CC(C)C(=O)Cc1ccc(C(F)(F)F)cc1.CC(C)C(=O)Cc1ccc(F)cc1.CC(C)C(=O)[C@H](O)C(C)C.CC(C)C(=O)c1cc(Cl)cc(Cl)c1.CC(C)C(=O)c1cc(F)cc(F)c1.CC(C)C(=O)c1ccc(F)c(F)c1.CC(C)C(=O)c1cccc(F)c1.CC(C)C(N)=O.CC(C)CCC(=O)C(C)C. The molecule has 2 heterocycles. The Morgan fingerprint density at radius 3 is 1.17 bits per heavy atom. The van der Waals surface area contributed by atoms with E-state index in [2.05, 4.69) is 18.8 Å². The van der Waals surface area contributed by atoms with Gasteiger partial charge in [-0.05, 0) is 138 Å². The average Bonchev–Trinajstić information content (AvgIpc) is 1.63. The molecule has 0 radical (unpaired) electrons. The van der Waals surface area contributed by atoms with E-state index in [4.69, 9.17) is 28.9 Å². The summed E-state index contributed by atoms with van der Waals surface area (Å²) in [6, 6.07) is 43.7. The van der Waals surface area contributed by atoms with E-state index in [0.717, 1.165) is 65.8 Å². The lowest BCUT2D eigenvalue weighted by molar-refractivity contribution is -0.137. The van der Waals surface area contributed by atoms with Gasteiger partial charge < -0.3 is 15.9 Å². The highest BCUT2D eigenvalue weighted by Crippen LogP contribution is 2.30. The number of aliphatic hydroxyl groups excluding tert-OH is 2. The van der Waals surface area contributed by atoms with Crippen molar-refractivity contribution in [2.75, 3.05) is 5.75 Å². The topological polar surface area (TPSA) is 301 Å². The number of hydrogen-bond donors (Lipinski definition) is 3. The molecule has 1 amide bonds. The maximum absolute atomic E-state index is 12.7. The van der Waals surface area contributed by atoms with Crippen LogP contribution in [0.1, 0.15) is 280 Å². The number of thiophene rings is 1. The molecule has 7 aromatic carbocycles. The average molecular weight is 2100 g/mol. The maximum Gasteiger partial charge on any atom is 0.416 e. The lowest BCUT2D eigenvalue weighted by Crippen LogP contribution is -2.29. The molecule has 1 atom stereocenters. The Morgan fingerprint density at radius 1 is 0.400 bits per heavy atom. The van der Waals surface area contributed by atoms with Crippen molar-refractivity contribution in [3.63, 3.8) is 0 Å². The number of pyridine rings is 1. The number of nitrogens with two attached hydrogens (primary N) is 1. The molecular formula is C115H147Cl2F9N2O15S2.